The lowest BCUT2D eigenvalue weighted by molar-refractivity contribution is -0.136. The summed E-state index contributed by atoms with van der Waals surface area (Å²) in [6.07, 6.45) is 5.50. The standard InChI is InChI=1S/C17H28N4O2/c1-19(2)9-5-12-20(13-8-17(22)23)15-6-7-16(18-14-15)21-10-3-4-11-21/h6-7,14H,3-5,8-13H2,1-2H3,(H,22,23). The number of nitrogens with zero attached hydrogens (tertiary/aromatic N) is 4. The van der Waals surface area contributed by atoms with Gasteiger partial charge in [0.2, 0.25) is 0 Å². The van der Waals surface area contributed by atoms with Crippen molar-refractivity contribution >= 4 is 17.5 Å². The van der Waals surface area contributed by atoms with E-state index in [1.54, 1.807) is 0 Å². The zero-order valence-electron chi connectivity index (χ0n) is 14.2. The third kappa shape index (κ3) is 5.71. The maximum absolute atomic E-state index is 10.9. The van der Waals surface area contributed by atoms with Crippen LogP contribution in [-0.2, 0) is 4.79 Å². The number of carboxylic acids is 1. The van der Waals surface area contributed by atoms with Crippen molar-refractivity contribution < 1.29 is 9.90 Å². The molecule has 0 radical (unpaired) electrons. The molecule has 0 spiro atoms. The molecule has 23 heavy (non-hydrogen) atoms. The molecule has 1 fully saturated rings. The fourth-order valence-electron chi connectivity index (χ4n) is 2.88. The quantitative estimate of drug-likeness (QED) is 0.750. The molecular formula is C17H28N4O2. The minimum Gasteiger partial charge on any atom is -0.481 e. The second-order valence-electron chi connectivity index (χ2n) is 6.36. The van der Waals surface area contributed by atoms with Crippen LogP contribution in [0.2, 0.25) is 0 Å². The normalized spacial score (nSPS) is 14.5. The van der Waals surface area contributed by atoms with Gasteiger partial charge in [0, 0.05) is 26.2 Å². The van der Waals surface area contributed by atoms with Crippen LogP contribution in [0.25, 0.3) is 0 Å². The van der Waals surface area contributed by atoms with Crippen LogP contribution < -0.4 is 9.80 Å². The highest BCUT2D eigenvalue weighted by Crippen LogP contribution is 2.21. The number of anilines is 2. The van der Waals surface area contributed by atoms with Gasteiger partial charge < -0.3 is 19.8 Å². The van der Waals surface area contributed by atoms with Gasteiger partial charge in [-0.15, -0.1) is 0 Å². The number of rotatable bonds is 9. The number of carboxylic acid groups (broad SMARTS) is 1. The topological polar surface area (TPSA) is 59.9 Å². The molecule has 1 aromatic heterocycles. The van der Waals surface area contributed by atoms with Crippen LogP contribution in [0.15, 0.2) is 18.3 Å². The summed E-state index contributed by atoms with van der Waals surface area (Å²) in [6.45, 7) is 4.52. The first-order valence-corrected chi connectivity index (χ1v) is 8.39. The van der Waals surface area contributed by atoms with Crippen LogP contribution >= 0.6 is 0 Å². The minimum absolute atomic E-state index is 0.149. The van der Waals surface area contributed by atoms with Crippen LogP contribution in [0.1, 0.15) is 25.7 Å². The van der Waals surface area contributed by atoms with Gasteiger partial charge in [-0.3, -0.25) is 4.79 Å². The van der Waals surface area contributed by atoms with E-state index >= 15 is 0 Å². The molecule has 0 aliphatic carbocycles. The van der Waals surface area contributed by atoms with E-state index in [2.05, 4.69) is 31.8 Å². The molecule has 1 N–H and O–H groups in total. The molecule has 128 valence electrons. The second kappa shape index (κ2) is 8.72. The monoisotopic (exact) mass is 320 g/mol. The number of carbonyl (C=O) groups is 1. The van der Waals surface area contributed by atoms with Crippen molar-refractivity contribution in [3.8, 4) is 0 Å². The summed E-state index contributed by atoms with van der Waals surface area (Å²) in [6, 6.07) is 4.12. The van der Waals surface area contributed by atoms with Crippen LogP contribution in [-0.4, -0.2) is 67.8 Å². The molecule has 6 heteroatoms. The Morgan fingerprint density at radius 2 is 1.96 bits per heavy atom. The van der Waals surface area contributed by atoms with E-state index in [4.69, 9.17) is 5.11 Å². The summed E-state index contributed by atoms with van der Waals surface area (Å²) < 4.78 is 0. The molecule has 1 aromatic rings. The van der Waals surface area contributed by atoms with Gasteiger partial charge in [-0.1, -0.05) is 0 Å². The molecule has 0 unspecified atom stereocenters. The Morgan fingerprint density at radius 1 is 1.22 bits per heavy atom. The zero-order valence-corrected chi connectivity index (χ0v) is 14.2. The maximum Gasteiger partial charge on any atom is 0.305 e. The Labute approximate surface area is 138 Å². The summed E-state index contributed by atoms with van der Waals surface area (Å²) >= 11 is 0. The van der Waals surface area contributed by atoms with Gasteiger partial charge >= 0.3 is 5.97 Å². The van der Waals surface area contributed by atoms with E-state index in [-0.39, 0.29) is 6.42 Å². The first kappa shape index (κ1) is 17.5. The predicted octanol–water partition coefficient (Wildman–Crippen LogP) is 1.91. The van der Waals surface area contributed by atoms with E-state index in [1.165, 1.54) is 12.8 Å². The molecular weight excluding hydrogens is 292 g/mol. The van der Waals surface area contributed by atoms with Crippen LogP contribution in [0, 0.1) is 0 Å². The van der Waals surface area contributed by atoms with Gasteiger partial charge in [0.1, 0.15) is 5.82 Å². The lowest BCUT2D eigenvalue weighted by Crippen LogP contribution is -2.29. The molecule has 1 saturated heterocycles. The van der Waals surface area contributed by atoms with Crippen molar-refractivity contribution in [2.75, 3.05) is 56.6 Å². The van der Waals surface area contributed by atoms with Crippen molar-refractivity contribution in [2.24, 2.45) is 0 Å². The zero-order chi connectivity index (χ0) is 16.7. The Kier molecular flexibility index (Phi) is 6.65. The van der Waals surface area contributed by atoms with E-state index in [1.807, 2.05) is 20.3 Å². The Hall–Kier alpha value is -1.82. The number of aliphatic carboxylic acids is 1. The van der Waals surface area contributed by atoms with Gasteiger partial charge in [-0.25, -0.2) is 4.98 Å². The predicted molar refractivity (Wildman–Crippen MR) is 93.3 cm³/mol. The molecule has 0 atom stereocenters. The number of pyridine rings is 1. The minimum atomic E-state index is -0.760. The highest BCUT2D eigenvalue weighted by Gasteiger charge is 2.14. The molecule has 0 amide bonds. The van der Waals surface area contributed by atoms with Crippen molar-refractivity contribution in [1.82, 2.24) is 9.88 Å². The summed E-state index contributed by atoms with van der Waals surface area (Å²) in [5, 5.41) is 8.95. The molecule has 2 heterocycles. The SMILES string of the molecule is CN(C)CCCN(CCC(=O)O)c1ccc(N2CCCC2)nc1. The first-order valence-electron chi connectivity index (χ1n) is 8.39. The van der Waals surface area contributed by atoms with Gasteiger partial charge in [0.05, 0.1) is 18.3 Å². The van der Waals surface area contributed by atoms with E-state index in [0.717, 1.165) is 44.1 Å². The summed E-state index contributed by atoms with van der Waals surface area (Å²) in [7, 11) is 4.10. The third-order valence-electron chi connectivity index (χ3n) is 4.16. The van der Waals surface area contributed by atoms with Crippen LogP contribution in [0.5, 0.6) is 0 Å². The van der Waals surface area contributed by atoms with Gasteiger partial charge in [-0.05, 0) is 52.0 Å². The summed E-state index contributed by atoms with van der Waals surface area (Å²) in [5.41, 5.74) is 1.01. The van der Waals surface area contributed by atoms with Crippen molar-refractivity contribution in [3.63, 3.8) is 0 Å². The number of hydrogen-bond donors (Lipinski definition) is 1. The summed E-state index contributed by atoms with van der Waals surface area (Å²) in [4.78, 5) is 22.0. The number of hydrogen-bond acceptors (Lipinski definition) is 5. The van der Waals surface area contributed by atoms with Gasteiger partial charge in [-0.2, -0.15) is 0 Å². The Morgan fingerprint density at radius 3 is 2.52 bits per heavy atom. The third-order valence-corrected chi connectivity index (χ3v) is 4.16. The first-order chi connectivity index (χ1) is 11.1. The van der Waals surface area contributed by atoms with E-state index < -0.39 is 5.97 Å². The van der Waals surface area contributed by atoms with Crippen LogP contribution in [0.3, 0.4) is 0 Å². The van der Waals surface area contributed by atoms with Gasteiger partial charge in [0.15, 0.2) is 0 Å². The maximum atomic E-state index is 10.9. The van der Waals surface area contributed by atoms with Crippen molar-refractivity contribution in [1.29, 1.82) is 0 Å². The molecule has 2 rings (SSSR count). The van der Waals surface area contributed by atoms with E-state index in [9.17, 15) is 4.79 Å². The lowest BCUT2D eigenvalue weighted by Gasteiger charge is -2.25. The lowest BCUT2D eigenvalue weighted by atomic mass is 10.2. The Balaban J connectivity index is 1.99. The fourth-order valence-corrected chi connectivity index (χ4v) is 2.88. The second-order valence-corrected chi connectivity index (χ2v) is 6.36. The average Bonchev–Trinajstić information content (AvgIpc) is 3.05. The Bertz CT molecular complexity index is 484. The van der Waals surface area contributed by atoms with Crippen LogP contribution in [0.4, 0.5) is 11.5 Å². The molecule has 6 nitrogen and oxygen atoms in total. The highest BCUT2D eigenvalue weighted by atomic mass is 16.4. The molecule has 1 aliphatic rings. The van der Waals surface area contributed by atoms with Crippen molar-refractivity contribution in [2.45, 2.75) is 25.7 Å². The molecule has 1 aliphatic heterocycles. The number of aromatic nitrogens is 1. The summed E-state index contributed by atoms with van der Waals surface area (Å²) in [5.74, 6) is 0.266. The molecule has 0 bridgehead atoms. The van der Waals surface area contributed by atoms with Gasteiger partial charge in [0.25, 0.3) is 0 Å². The molecule has 0 saturated carbocycles. The van der Waals surface area contributed by atoms with Crippen molar-refractivity contribution in [3.05, 3.63) is 18.3 Å². The average molecular weight is 320 g/mol. The fraction of sp³-hybridized carbons (Fsp3) is 0.647. The smallest absolute Gasteiger partial charge is 0.305 e. The highest BCUT2D eigenvalue weighted by molar-refractivity contribution is 5.67. The molecule has 0 aromatic carbocycles. The largest absolute Gasteiger partial charge is 0.481 e. The van der Waals surface area contributed by atoms with E-state index in [0.29, 0.717) is 6.54 Å².